The molecule has 1 aliphatic heterocycles. The Morgan fingerprint density at radius 2 is 1.93 bits per heavy atom. The zero-order valence-electron chi connectivity index (χ0n) is 16.1. The third-order valence-electron chi connectivity index (χ3n) is 5.47. The molecule has 1 aromatic heterocycles. The van der Waals surface area contributed by atoms with Gasteiger partial charge in [0.2, 0.25) is 0 Å². The molecule has 6 nitrogen and oxygen atoms in total. The topological polar surface area (TPSA) is 71.5 Å². The highest BCUT2D eigenvalue weighted by atomic mass is 32.2. The van der Waals surface area contributed by atoms with Crippen molar-refractivity contribution in [2.45, 2.75) is 49.6 Å². The lowest BCUT2D eigenvalue weighted by atomic mass is 10.00. The number of rotatable bonds is 7. The smallest absolute Gasteiger partial charge is 0.265 e. The van der Waals surface area contributed by atoms with E-state index in [0.29, 0.717) is 30.2 Å². The number of pyridine rings is 1. The number of hydrogen-bond acceptors (Lipinski definition) is 5. The first-order chi connectivity index (χ1) is 13.6. The van der Waals surface area contributed by atoms with Crippen LogP contribution >= 0.6 is 0 Å². The minimum absolute atomic E-state index is 0.201. The highest BCUT2D eigenvalue weighted by molar-refractivity contribution is 7.92. The molecule has 2 fully saturated rings. The van der Waals surface area contributed by atoms with Crippen LogP contribution in [-0.4, -0.2) is 38.7 Å². The first-order valence-electron chi connectivity index (χ1n) is 10.00. The van der Waals surface area contributed by atoms with E-state index in [1.165, 1.54) is 23.3 Å². The fraction of sp³-hybridized carbons (Fsp3) is 0.476. The van der Waals surface area contributed by atoms with Crippen molar-refractivity contribution in [3.63, 3.8) is 0 Å². The monoisotopic (exact) mass is 401 g/mol. The Kier molecular flexibility index (Phi) is 5.55. The van der Waals surface area contributed by atoms with E-state index in [0.717, 1.165) is 25.4 Å². The summed E-state index contributed by atoms with van der Waals surface area (Å²) in [7, 11) is -3.64. The minimum Gasteiger partial charge on any atom is -0.378 e. The zero-order chi connectivity index (χ0) is 19.6. The molecule has 2 unspecified atom stereocenters. The van der Waals surface area contributed by atoms with Crippen molar-refractivity contribution in [3.8, 4) is 0 Å². The van der Waals surface area contributed by atoms with Gasteiger partial charge >= 0.3 is 0 Å². The lowest BCUT2D eigenvalue weighted by Crippen LogP contribution is -2.35. The fourth-order valence-electron chi connectivity index (χ4n) is 3.80. The molecule has 150 valence electrons. The summed E-state index contributed by atoms with van der Waals surface area (Å²) in [6.45, 7) is 2.96. The summed E-state index contributed by atoms with van der Waals surface area (Å²) >= 11 is 0. The second kappa shape index (κ2) is 8.09. The maximum atomic E-state index is 13.0. The molecule has 1 aromatic carbocycles. The van der Waals surface area contributed by atoms with Gasteiger partial charge in [0.15, 0.2) is 0 Å². The Labute approximate surface area is 167 Å². The van der Waals surface area contributed by atoms with Gasteiger partial charge in [-0.15, -0.1) is 0 Å². The zero-order valence-corrected chi connectivity index (χ0v) is 16.9. The van der Waals surface area contributed by atoms with Crippen LogP contribution < -0.4 is 9.62 Å². The van der Waals surface area contributed by atoms with Gasteiger partial charge in [0.25, 0.3) is 10.0 Å². The van der Waals surface area contributed by atoms with E-state index in [1.54, 1.807) is 24.3 Å². The molecule has 1 saturated carbocycles. The van der Waals surface area contributed by atoms with Crippen molar-refractivity contribution >= 4 is 21.5 Å². The second-order valence-corrected chi connectivity index (χ2v) is 9.36. The molecule has 1 N–H and O–H groups in total. The van der Waals surface area contributed by atoms with E-state index in [1.807, 2.05) is 25.1 Å². The maximum Gasteiger partial charge on any atom is 0.265 e. The summed E-state index contributed by atoms with van der Waals surface area (Å²) in [6.07, 6.45) is 6.29. The van der Waals surface area contributed by atoms with Gasteiger partial charge in [-0.05, 0) is 62.8 Å². The van der Waals surface area contributed by atoms with Gasteiger partial charge in [0.05, 0.1) is 11.8 Å². The van der Waals surface area contributed by atoms with Crippen molar-refractivity contribution in [2.75, 3.05) is 22.8 Å². The van der Waals surface area contributed by atoms with E-state index in [9.17, 15) is 8.42 Å². The summed E-state index contributed by atoms with van der Waals surface area (Å²) in [5, 5.41) is 3.45. The van der Waals surface area contributed by atoms with E-state index >= 15 is 0 Å². The van der Waals surface area contributed by atoms with Crippen molar-refractivity contribution in [1.29, 1.82) is 0 Å². The van der Waals surface area contributed by atoms with Crippen molar-refractivity contribution in [1.82, 2.24) is 4.98 Å². The lowest BCUT2D eigenvalue weighted by Gasteiger charge is -2.30. The molecule has 2 heterocycles. The van der Waals surface area contributed by atoms with Crippen LogP contribution in [0.3, 0.4) is 0 Å². The molecule has 1 aliphatic carbocycles. The predicted molar refractivity (Wildman–Crippen MR) is 110 cm³/mol. The third-order valence-corrected chi connectivity index (χ3v) is 7.36. The summed E-state index contributed by atoms with van der Waals surface area (Å²) in [5.74, 6) is 1.44. The average Bonchev–Trinajstić information content (AvgIpc) is 3.55. The lowest BCUT2D eigenvalue weighted by molar-refractivity contribution is -0.00223. The fourth-order valence-corrected chi connectivity index (χ4v) is 5.22. The van der Waals surface area contributed by atoms with Gasteiger partial charge in [0.1, 0.15) is 10.7 Å². The van der Waals surface area contributed by atoms with Crippen LogP contribution in [-0.2, 0) is 14.8 Å². The number of benzene rings is 1. The number of nitrogens with one attached hydrogen (secondary N) is 1. The van der Waals surface area contributed by atoms with E-state index in [-0.39, 0.29) is 4.90 Å². The molecule has 2 aliphatic rings. The molecule has 0 spiro atoms. The average molecular weight is 402 g/mol. The van der Waals surface area contributed by atoms with Crippen LogP contribution in [0.25, 0.3) is 0 Å². The van der Waals surface area contributed by atoms with Gasteiger partial charge in [-0.2, -0.15) is 0 Å². The molecule has 1 saturated heterocycles. The quantitative estimate of drug-likeness (QED) is 0.766. The second-order valence-electron chi connectivity index (χ2n) is 7.50. The minimum atomic E-state index is -3.64. The van der Waals surface area contributed by atoms with Gasteiger partial charge in [0, 0.05) is 25.4 Å². The highest BCUT2D eigenvalue weighted by Crippen LogP contribution is 2.38. The molecule has 4 rings (SSSR count). The summed E-state index contributed by atoms with van der Waals surface area (Å²) in [5.41, 5.74) is 0.653. The molecule has 0 bridgehead atoms. The highest BCUT2D eigenvalue weighted by Gasteiger charge is 2.36. The normalized spacial score (nSPS) is 22.6. The Hall–Kier alpha value is -2.12. The number of para-hydroxylation sites is 1. The van der Waals surface area contributed by atoms with Gasteiger partial charge in [-0.1, -0.05) is 18.2 Å². The molecular formula is C21H27N3O3S. The standard InChI is InChI=1S/C21H27N3O3S/c1-2-24(18-6-4-3-5-7-18)28(25,26)19-10-11-21(22-15-19)23-17-12-13-27-20(14-17)16-8-9-16/h3-7,10-11,15-17,20H,2,8-9,12-14H2,1H3,(H,22,23). The number of anilines is 2. The maximum absolute atomic E-state index is 13.0. The Balaban J connectivity index is 1.46. The Bertz CT molecular complexity index is 883. The number of nitrogens with zero attached hydrogens (tertiary/aromatic N) is 2. The molecular weight excluding hydrogens is 374 g/mol. The number of hydrogen-bond donors (Lipinski definition) is 1. The van der Waals surface area contributed by atoms with Gasteiger partial charge in [-0.25, -0.2) is 13.4 Å². The third kappa shape index (κ3) is 4.15. The summed E-state index contributed by atoms with van der Waals surface area (Å²) < 4.78 is 33.3. The van der Waals surface area contributed by atoms with Crippen molar-refractivity contribution < 1.29 is 13.2 Å². The molecule has 7 heteroatoms. The number of sulfonamides is 1. The molecule has 0 radical (unpaired) electrons. The largest absolute Gasteiger partial charge is 0.378 e. The molecule has 2 aromatic rings. The molecule has 2 atom stereocenters. The SMILES string of the molecule is CCN(c1ccccc1)S(=O)(=O)c1ccc(NC2CCOC(C3CC3)C2)nc1. The van der Waals surface area contributed by atoms with E-state index < -0.39 is 10.0 Å². The summed E-state index contributed by atoms with van der Waals surface area (Å²) in [6, 6.07) is 12.9. The Morgan fingerprint density at radius 3 is 2.57 bits per heavy atom. The van der Waals surface area contributed by atoms with Crippen LogP contribution in [0, 0.1) is 5.92 Å². The van der Waals surface area contributed by atoms with Crippen LogP contribution in [0.15, 0.2) is 53.6 Å². The van der Waals surface area contributed by atoms with Crippen LogP contribution in [0.2, 0.25) is 0 Å². The first-order valence-corrected chi connectivity index (χ1v) is 11.4. The van der Waals surface area contributed by atoms with Crippen molar-refractivity contribution in [3.05, 3.63) is 48.7 Å². The van der Waals surface area contributed by atoms with Crippen LogP contribution in [0.1, 0.15) is 32.6 Å². The number of ether oxygens (including phenoxy) is 1. The number of aromatic nitrogens is 1. The van der Waals surface area contributed by atoms with Crippen LogP contribution in [0.5, 0.6) is 0 Å². The summed E-state index contributed by atoms with van der Waals surface area (Å²) in [4.78, 5) is 4.58. The van der Waals surface area contributed by atoms with E-state index in [4.69, 9.17) is 4.74 Å². The first kappa shape index (κ1) is 19.2. The van der Waals surface area contributed by atoms with Crippen molar-refractivity contribution in [2.24, 2.45) is 5.92 Å². The molecule has 0 amide bonds. The van der Waals surface area contributed by atoms with Crippen LogP contribution in [0.4, 0.5) is 11.5 Å². The Morgan fingerprint density at radius 1 is 1.14 bits per heavy atom. The van der Waals surface area contributed by atoms with E-state index in [2.05, 4.69) is 10.3 Å². The predicted octanol–water partition coefficient (Wildman–Crippen LogP) is 3.67. The molecule has 28 heavy (non-hydrogen) atoms. The van der Waals surface area contributed by atoms with Gasteiger partial charge < -0.3 is 10.1 Å². The van der Waals surface area contributed by atoms with Gasteiger partial charge in [-0.3, -0.25) is 4.31 Å².